The molecule has 0 saturated carbocycles. The number of benzene rings is 1. The zero-order valence-electron chi connectivity index (χ0n) is 17.8. The molecule has 0 aliphatic heterocycles. The van der Waals surface area contributed by atoms with Gasteiger partial charge in [-0.1, -0.05) is 35.6 Å². The van der Waals surface area contributed by atoms with Crippen LogP contribution in [0.4, 0.5) is 5.13 Å². The molecule has 4 aromatic heterocycles. The van der Waals surface area contributed by atoms with E-state index < -0.39 is 0 Å². The predicted molar refractivity (Wildman–Crippen MR) is 137 cm³/mol. The Morgan fingerprint density at radius 1 is 1.06 bits per heavy atom. The molecule has 5 aromatic rings. The number of thiazole rings is 1. The van der Waals surface area contributed by atoms with Crippen molar-refractivity contribution in [2.24, 2.45) is 0 Å². The molecule has 0 aliphatic rings. The summed E-state index contributed by atoms with van der Waals surface area (Å²) in [5.74, 6) is -0.114. The summed E-state index contributed by atoms with van der Waals surface area (Å²) >= 11 is 4.78. The van der Waals surface area contributed by atoms with Gasteiger partial charge >= 0.3 is 0 Å². The Morgan fingerprint density at radius 2 is 1.85 bits per heavy atom. The van der Waals surface area contributed by atoms with E-state index in [1.165, 1.54) is 11.3 Å². The van der Waals surface area contributed by atoms with E-state index in [1.807, 2.05) is 48.0 Å². The lowest BCUT2D eigenvalue weighted by atomic mass is 10.1. The normalized spacial score (nSPS) is 11.2. The second-order valence-corrected chi connectivity index (χ2v) is 10.4. The second kappa shape index (κ2) is 9.38. The van der Waals surface area contributed by atoms with Crippen LogP contribution in [0.1, 0.15) is 18.4 Å². The molecule has 4 heterocycles. The van der Waals surface area contributed by atoms with Crippen molar-refractivity contribution in [1.82, 2.24) is 14.5 Å². The van der Waals surface area contributed by atoms with E-state index in [9.17, 15) is 9.59 Å². The number of carbonyl (C=O) groups excluding carboxylic acids is 1. The van der Waals surface area contributed by atoms with Gasteiger partial charge in [0.15, 0.2) is 5.13 Å². The van der Waals surface area contributed by atoms with E-state index in [1.54, 1.807) is 39.6 Å². The Kier molecular flexibility index (Phi) is 6.17. The summed E-state index contributed by atoms with van der Waals surface area (Å²) in [7, 11) is 0. The minimum absolute atomic E-state index is 0.0785. The van der Waals surface area contributed by atoms with Crippen LogP contribution in [0.25, 0.3) is 31.2 Å². The van der Waals surface area contributed by atoms with Gasteiger partial charge in [0.1, 0.15) is 5.69 Å². The number of aryl methyl sites for hydroxylation is 2. The highest BCUT2D eigenvalue weighted by Gasteiger charge is 2.18. The van der Waals surface area contributed by atoms with Crippen LogP contribution in [0.5, 0.6) is 0 Å². The van der Waals surface area contributed by atoms with E-state index in [4.69, 9.17) is 4.98 Å². The number of nitrogens with one attached hydrogen (secondary N) is 1. The lowest BCUT2D eigenvalue weighted by molar-refractivity contribution is -0.116. The van der Waals surface area contributed by atoms with Crippen LogP contribution in [0.15, 0.2) is 64.3 Å². The molecule has 33 heavy (non-hydrogen) atoms. The summed E-state index contributed by atoms with van der Waals surface area (Å²) in [5, 5.41) is 8.19. The molecule has 0 fully saturated rings. The molecule has 0 saturated heterocycles. The summed E-state index contributed by atoms with van der Waals surface area (Å²) in [6.07, 6.45) is 2.39. The molecule has 1 N–H and O–H groups in total. The first-order valence-electron chi connectivity index (χ1n) is 10.4. The van der Waals surface area contributed by atoms with Crippen molar-refractivity contribution in [3.8, 4) is 20.3 Å². The lowest BCUT2D eigenvalue weighted by Crippen LogP contribution is -2.22. The van der Waals surface area contributed by atoms with Gasteiger partial charge in [-0.15, -0.1) is 22.7 Å². The number of thiophene rings is 2. The minimum atomic E-state index is -0.114. The third-order valence-corrected chi connectivity index (χ3v) is 8.13. The van der Waals surface area contributed by atoms with Crippen molar-refractivity contribution in [3.63, 3.8) is 0 Å². The third kappa shape index (κ3) is 4.52. The number of anilines is 1. The smallest absolute Gasteiger partial charge is 0.261 e. The molecule has 0 bridgehead atoms. The largest absolute Gasteiger partial charge is 0.302 e. The molecule has 0 atom stereocenters. The molecule has 0 aliphatic carbocycles. The van der Waals surface area contributed by atoms with Gasteiger partial charge in [-0.2, -0.15) is 0 Å². The Labute approximate surface area is 202 Å². The predicted octanol–water partition coefficient (Wildman–Crippen LogP) is 6.04. The molecule has 0 radical (unpaired) electrons. The Bertz CT molecular complexity index is 1420. The summed E-state index contributed by atoms with van der Waals surface area (Å²) in [6, 6.07) is 13.7. The van der Waals surface area contributed by atoms with Crippen LogP contribution < -0.4 is 10.9 Å². The lowest BCUT2D eigenvalue weighted by Gasteiger charge is -2.07. The topological polar surface area (TPSA) is 76.9 Å². The van der Waals surface area contributed by atoms with Crippen molar-refractivity contribution in [2.45, 2.75) is 26.3 Å². The average molecular weight is 493 g/mol. The number of nitrogens with zero attached hydrogens (tertiary/aromatic N) is 3. The van der Waals surface area contributed by atoms with Gasteiger partial charge < -0.3 is 5.32 Å². The standard InChI is InChI=1S/C24H20N4O2S3/c1-15-6-2-7-16-20(15)25-14-28(23(16)30)11-3-10-19(29)26-24-27-21(17-8-4-12-31-17)22(33-24)18-9-5-13-32-18/h2,4-9,12-14H,3,10-11H2,1H3,(H,26,27,29). The summed E-state index contributed by atoms with van der Waals surface area (Å²) in [5.41, 5.74) is 2.52. The van der Waals surface area contributed by atoms with Gasteiger partial charge in [-0.3, -0.25) is 14.2 Å². The van der Waals surface area contributed by atoms with E-state index >= 15 is 0 Å². The first-order valence-corrected chi connectivity index (χ1v) is 13.0. The highest BCUT2D eigenvalue weighted by atomic mass is 32.1. The van der Waals surface area contributed by atoms with Gasteiger partial charge in [0, 0.05) is 17.8 Å². The minimum Gasteiger partial charge on any atom is -0.302 e. The molecule has 5 rings (SSSR count). The second-order valence-electron chi connectivity index (χ2n) is 7.52. The van der Waals surface area contributed by atoms with Crippen LogP contribution in [-0.4, -0.2) is 20.4 Å². The fourth-order valence-electron chi connectivity index (χ4n) is 3.62. The first kappa shape index (κ1) is 21.7. The number of amides is 1. The van der Waals surface area contributed by atoms with Crippen molar-refractivity contribution in [1.29, 1.82) is 0 Å². The van der Waals surface area contributed by atoms with Crippen LogP contribution in [0, 0.1) is 6.92 Å². The van der Waals surface area contributed by atoms with Gasteiger partial charge in [-0.25, -0.2) is 9.97 Å². The maximum Gasteiger partial charge on any atom is 0.261 e. The summed E-state index contributed by atoms with van der Waals surface area (Å²) in [6.45, 7) is 2.37. The molecule has 1 aromatic carbocycles. The Morgan fingerprint density at radius 3 is 2.61 bits per heavy atom. The number of hydrogen-bond acceptors (Lipinski definition) is 7. The molecule has 0 spiro atoms. The van der Waals surface area contributed by atoms with E-state index in [-0.39, 0.29) is 11.5 Å². The molecule has 1 amide bonds. The van der Waals surface area contributed by atoms with Crippen molar-refractivity contribution < 1.29 is 4.79 Å². The monoisotopic (exact) mass is 492 g/mol. The third-order valence-electron chi connectivity index (χ3n) is 5.23. The van der Waals surface area contributed by atoms with Crippen LogP contribution in [0.3, 0.4) is 0 Å². The van der Waals surface area contributed by atoms with Crippen LogP contribution in [-0.2, 0) is 11.3 Å². The highest BCUT2D eigenvalue weighted by Crippen LogP contribution is 2.42. The van der Waals surface area contributed by atoms with E-state index in [0.717, 1.165) is 31.4 Å². The fraction of sp³-hybridized carbons (Fsp3) is 0.167. The van der Waals surface area contributed by atoms with Gasteiger partial charge in [0.2, 0.25) is 5.91 Å². The number of carbonyl (C=O) groups is 1. The number of hydrogen-bond donors (Lipinski definition) is 1. The Hall–Kier alpha value is -3.14. The van der Waals surface area contributed by atoms with Crippen LogP contribution in [0.2, 0.25) is 0 Å². The zero-order valence-corrected chi connectivity index (χ0v) is 20.2. The summed E-state index contributed by atoms with van der Waals surface area (Å²) < 4.78 is 1.57. The number of para-hydroxylation sites is 1. The van der Waals surface area contributed by atoms with E-state index in [2.05, 4.69) is 16.4 Å². The molecule has 9 heteroatoms. The van der Waals surface area contributed by atoms with Gasteiger partial charge in [0.25, 0.3) is 5.56 Å². The molecular weight excluding hydrogens is 472 g/mol. The fourth-order valence-corrected chi connectivity index (χ4v) is 6.25. The molecule has 166 valence electrons. The molecule has 0 unspecified atom stereocenters. The zero-order chi connectivity index (χ0) is 22.8. The number of fused-ring (bicyclic) bond motifs is 1. The average Bonchev–Trinajstić information content (AvgIpc) is 3.57. The van der Waals surface area contributed by atoms with Crippen molar-refractivity contribution in [2.75, 3.05) is 5.32 Å². The number of rotatable bonds is 7. The van der Waals surface area contributed by atoms with Crippen LogP contribution >= 0.6 is 34.0 Å². The van der Waals surface area contributed by atoms with Gasteiger partial charge in [0.05, 0.1) is 27.0 Å². The van der Waals surface area contributed by atoms with Crippen molar-refractivity contribution in [3.05, 3.63) is 75.5 Å². The van der Waals surface area contributed by atoms with Gasteiger partial charge in [-0.05, 0) is 47.9 Å². The SMILES string of the molecule is Cc1cccc2c(=O)n(CCCC(=O)Nc3nc(-c4cccs4)c(-c4cccs4)s3)cnc12. The first-order chi connectivity index (χ1) is 16.1. The number of aromatic nitrogens is 3. The maximum atomic E-state index is 12.7. The quantitative estimate of drug-likeness (QED) is 0.301. The maximum absolute atomic E-state index is 12.7. The Balaban J connectivity index is 1.27. The molecular formula is C24H20N4O2S3. The summed E-state index contributed by atoms with van der Waals surface area (Å²) in [4.78, 5) is 37.7. The highest BCUT2D eigenvalue weighted by molar-refractivity contribution is 7.24. The molecule has 6 nitrogen and oxygen atoms in total. The van der Waals surface area contributed by atoms with Crippen molar-refractivity contribution >= 4 is 56.0 Å². The van der Waals surface area contributed by atoms with E-state index in [0.29, 0.717) is 29.9 Å².